The number of hydrogen-bond donors (Lipinski definition) is 1. The van der Waals surface area contributed by atoms with E-state index in [1.807, 2.05) is 18.2 Å². The van der Waals surface area contributed by atoms with Crippen LogP contribution in [0.5, 0.6) is 0 Å². The third-order valence-corrected chi connectivity index (χ3v) is 6.48. The second-order valence-corrected chi connectivity index (χ2v) is 8.20. The fraction of sp³-hybridized carbons (Fsp3) is 0.222. The van der Waals surface area contributed by atoms with Crippen molar-refractivity contribution in [3.8, 4) is 0 Å². The van der Waals surface area contributed by atoms with E-state index in [9.17, 15) is 8.42 Å². The van der Waals surface area contributed by atoms with Gasteiger partial charge in [0.25, 0.3) is 10.0 Å². The molecule has 6 heteroatoms. The molecule has 0 aliphatic carbocycles. The summed E-state index contributed by atoms with van der Waals surface area (Å²) in [5.74, 6) is 0. The van der Waals surface area contributed by atoms with Crippen molar-refractivity contribution >= 4 is 32.5 Å². The van der Waals surface area contributed by atoms with Gasteiger partial charge < -0.3 is 5.32 Å². The molecule has 2 heterocycles. The van der Waals surface area contributed by atoms with Crippen LogP contribution in [0, 0.1) is 0 Å². The van der Waals surface area contributed by atoms with Crippen molar-refractivity contribution in [1.82, 2.24) is 9.29 Å². The van der Waals surface area contributed by atoms with Gasteiger partial charge in [-0.15, -0.1) is 0 Å². The molecule has 1 aliphatic heterocycles. The minimum atomic E-state index is -3.68. The summed E-state index contributed by atoms with van der Waals surface area (Å²) in [4.78, 5) is 0.306. The van der Waals surface area contributed by atoms with E-state index in [-0.39, 0.29) is 0 Å². The van der Waals surface area contributed by atoms with Gasteiger partial charge in [-0.2, -0.15) is 0 Å². The van der Waals surface area contributed by atoms with Gasteiger partial charge in [-0.1, -0.05) is 29.8 Å². The van der Waals surface area contributed by atoms with Gasteiger partial charge >= 0.3 is 0 Å². The fourth-order valence-corrected chi connectivity index (χ4v) is 4.99. The molecule has 0 saturated carbocycles. The van der Waals surface area contributed by atoms with Gasteiger partial charge in [0.05, 0.1) is 15.4 Å². The molecule has 0 bridgehead atoms. The van der Waals surface area contributed by atoms with Crippen LogP contribution in [-0.2, 0) is 22.9 Å². The largest absolute Gasteiger partial charge is 0.316 e. The zero-order valence-electron chi connectivity index (χ0n) is 13.0. The van der Waals surface area contributed by atoms with E-state index in [1.54, 1.807) is 30.5 Å². The Balaban J connectivity index is 1.87. The molecule has 3 aromatic rings. The third kappa shape index (κ3) is 2.53. The molecular formula is C18H17ClN2O2S. The van der Waals surface area contributed by atoms with E-state index < -0.39 is 10.0 Å². The first kappa shape index (κ1) is 15.7. The third-order valence-electron chi connectivity index (χ3n) is 4.50. The summed E-state index contributed by atoms with van der Waals surface area (Å²) >= 11 is 6.24. The van der Waals surface area contributed by atoms with Gasteiger partial charge in [0.1, 0.15) is 0 Å². The number of nitrogens with zero attached hydrogens (tertiary/aromatic N) is 1. The predicted molar refractivity (Wildman–Crippen MR) is 96.3 cm³/mol. The highest BCUT2D eigenvalue weighted by Gasteiger charge is 2.21. The van der Waals surface area contributed by atoms with Gasteiger partial charge in [0, 0.05) is 11.6 Å². The highest BCUT2D eigenvalue weighted by Crippen LogP contribution is 2.29. The molecule has 1 N–H and O–H groups in total. The molecule has 4 nitrogen and oxygen atoms in total. The van der Waals surface area contributed by atoms with Crippen LogP contribution in [0.4, 0.5) is 0 Å². The number of benzene rings is 2. The van der Waals surface area contributed by atoms with Crippen LogP contribution < -0.4 is 5.32 Å². The first-order valence-corrected chi connectivity index (χ1v) is 9.73. The summed E-state index contributed by atoms with van der Waals surface area (Å²) in [5.41, 5.74) is 2.84. The fourth-order valence-electron chi connectivity index (χ4n) is 3.25. The zero-order chi connectivity index (χ0) is 16.7. The molecule has 124 valence electrons. The Labute approximate surface area is 146 Å². The van der Waals surface area contributed by atoms with E-state index in [0.29, 0.717) is 15.4 Å². The summed E-state index contributed by atoms with van der Waals surface area (Å²) in [6.07, 6.45) is 3.33. The molecule has 0 radical (unpaired) electrons. The number of aromatic nitrogens is 1. The quantitative estimate of drug-likeness (QED) is 0.763. The van der Waals surface area contributed by atoms with E-state index in [1.165, 1.54) is 9.54 Å². The summed E-state index contributed by atoms with van der Waals surface area (Å²) < 4.78 is 27.5. The predicted octanol–water partition coefficient (Wildman–Crippen LogP) is 3.22. The standard InChI is InChI=1S/C18H17ClN2O2S/c19-17-3-1-2-14-8-11-21(18(14)17)24(22,23)16-5-4-13-6-9-20-10-7-15(13)12-16/h1-5,8,11-12,20H,6-7,9-10H2. The lowest BCUT2D eigenvalue weighted by Crippen LogP contribution is -2.16. The van der Waals surface area contributed by atoms with Crippen LogP contribution in [0.25, 0.3) is 10.9 Å². The molecule has 0 unspecified atom stereocenters. The average molecular weight is 361 g/mol. The van der Waals surface area contributed by atoms with E-state index >= 15 is 0 Å². The van der Waals surface area contributed by atoms with Gasteiger partial charge in [-0.25, -0.2) is 12.4 Å². The Kier molecular flexibility index (Phi) is 3.87. The molecule has 0 atom stereocenters. The second-order valence-electron chi connectivity index (χ2n) is 5.97. The van der Waals surface area contributed by atoms with E-state index in [0.717, 1.165) is 36.9 Å². The van der Waals surface area contributed by atoms with Crippen molar-refractivity contribution in [3.63, 3.8) is 0 Å². The lowest BCUT2D eigenvalue weighted by molar-refractivity contribution is 0.589. The molecule has 24 heavy (non-hydrogen) atoms. The van der Waals surface area contributed by atoms with Crippen molar-refractivity contribution in [2.24, 2.45) is 0 Å². The molecule has 0 amide bonds. The summed E-state index contributed by atoms with van der Waals surface area (Å²) in [6.45, 7) is 1.80. The highest BCUT2D eigenvalue weighted by molar-refractivity contribution is 7.90. The number of halogens is 1. The maximum absolute atomic E-state index is 13.1. The molecule has 2 aromatic carbocycles. The number of para-hydroxylation sites is 1. The van der Waals surface area contributed by atoms with Crippen molar-refractivity contribution in [1.29, 1.82) is 0 Å². The highest BCUT2D eigenvalue weighted by atomic mass is 35.5. The minimum absolute atomic E-state index is 0.306. The average Bonchev–Trinajstić information content (AvgIpc) is 2.88. The van der Waals surface area contributed by atoms with Gasteiger partial charge in [0.2, 0.25) is 0 Å². The van der Waals surface area contributed by atoms with Crippen molar-refractivity contribution in [2.45, 2.75) is 17.7 Å². The Morgan fingerprint density at radius 3 is 2.62 bits per heavy atom. The second kappa shape index (κ2) is 5.92. The van der Waals surface area contributed by atoms with Crippen LogP contribution in [0.15, 0.2) is 53.6 Å². The van der Waals surface area contributed by atoms with Crippen LogP contribution in [0.3, 0.4) is 0 Å². The zero-order valence-corrected chi connectivity index (χ0v) is 14.6. The topological polar surface area (TPSA) is 51.1 Å². The maximum atomic E-state index is 13.1. The summed E-state index contributed by atoms with van der Waals surface area (Å²) in [5, 5.41) is 4.58. The Morgan fingerprint density at radius 1 is 1.00 bits per heavy atom. The van der Waals surface area contributed by atoms with Crippen LogP contribution >= 0.6 is 11.6 Å². The van der Waals surface area contributed by atoms with Crippen LogP contribution in [0.1, 0.15) is 11.1 Å². The smallest absolute Gasteiger partial charge is 0.268 e. The minimum Gasteiger partial charge on any atom is -0.316 e. The Hall–Kier alpha value is -1.82. The summed E-state index contributed by atoms with van der Waals surface area (Å²) in [6, 6.07) is 12.6. The molecule has 1 aliphatic rings. The number of fused-ring (bicyclic) bond motifs is 2. The van der Waals surface area contributed by atoms with Crippen LogP contribution in [0.2, 0.25) is 5.02 Å². The first-order valence-electron chi connectivity index (χ1n) is 7.91. The SMILES string of the molecule is O=S(=O)(c1ccc2c(c1)CCNCC2)n1ccc2cccc(Cl)c21. The molecule has 1 aromatic heterocycles. The molecule has 4 rings (SSSR count). The Morgan fingerprint density at radius 2 is 1.79 bits per heavy atom. The summed E-state index contributed by atoms with van der Waals surface area (Å²) in [7, 11) is -3.68. The Bertz CT molecular complexity index is 1020. The van der Waals surface area contributed by atoms with E-state index in [4.69, 9.17) is 11.6 Å². The monoisotopic (exact) mass is 360 g/mol. The molecule has 0 spiro atoms. The number of hydrogen-bond acceptors (Lipinski definition) is 3. The molecule has 0 fully saturated rings. The first-order chi connectivity index (χ1) is 11.6. The number of rotatable bonds is 2. The van der Waals surface area contributed by atoms with Gasteiger partial charge in [-0.3, -0.25) is 0 Å². The van der Waals surface area contributed by atoms with Crippen molar-refractivity contribution < 1.29 is 8.42 Å². The van der Waals surface area contributed by atoms with Gasteiger partial charge in [-0.05, 0) is 61.3 Å². The molecule has 0 saturated heterocycles. The van der Waals surface area contributed by atoms with Crippen LogP contribution in [-0.4, -0.2) is 25.5 Å². The number of nitrogens with one attached hydrogen (secondary N) is 1. The normalized spacial score (nSPS) is 15.2. The van der Waals surface area contributed by atoms with Crippen molar-refractivity contribution in [2.75, 3.05) is 13.1 Å². The molecular weight excluding hydrogens is 344 g/mol. The van der Waals surface area contributed by atoms with Gasteiger partial charge in [0.15, 0.2) is 0 Å². The lowest BCUT2D eigenvalue weighted by atomic mass is 10.0. The lowest BCUT2D eigenvalue weighted by Gasteiger charge is -2.12. The van der Waals surface area contributed by atoms with E-state index in [2.05, 4.69) is 5.32 Å². The van der Waals surface area contributed by atoms with Crippen molar-refractivity contribution in [3.05, 3.63) is 64.8 Å². The maximum Gasteiger partial charge on any atom is 0.268 e.